The minimum atomic E-state index is -0.287. The number of ether oxygens (including phenoxy) is 1. The summed E-state index contributed by atoms with van der Waals surface area (Å²) < 4.78 is 9.97. The lowest BCUT2D eigenvalue weighted by Crippen LogP contribution is -1.92. The van der Waals surface area contributed by atoms with Crippen molar-refractivity contribution < 1.29 is 14.1 Å². The highest BCUT2D eigenvalue weighted by Gasteiger charge is 2.15. The van der Waals surface area contributed by atoms with E-state index in [4.69, 9.17) is 20.9 Å². The van der Waals surface area contributed by atoms with Crippen LogP contribution in [0.25, 0.3) is 11.4 Å². The lowest BCUT2D eigenvalue weighted by molar-refractivity contribution is 0.0972. The standard InChI is InChI=1S/C11H9ClN2O3/c1-6(15)11-13-10(14-17-11)8-5-7(12)3-4-9(8)16-2/h3-5H,1-2H3. The van der Waals surface area contributed by atoms with Gasteiger partial charge < -0.3 is 9.26 Å². The van der Waals surface area contributed by atoms with Gasteiger partial charge in [0.1, 0.15) is 5.75 Å². The summed E-state index contributed by atoms with van der Waals surface area (Å²) in [6.07, 6.45) is 0. The summed E-state index contributed by atoms with van der Waals surface area (Å²) in [6.45, 7) is 1.35. The molecule has 2 aromatic rings. The van der Waals surface area contributed by atoms with E-state index in [0.717, 1.165) is 0 Å². The second kappa shape index (κ2) is 4.55. The van der Waals surface area contributed by atoms with Gasteiger partial charge in [-0.1, -0.05) is 16.8 Å². The number of carbonyl (C=O) groups excluding carboxylic acids is 1. The van der Waals surface area contributed by atoms with Crippen LogP contribution in [0.1, 0.15) is 17.6 Å². The third kappa shape index (κ3) is 2.29. The van der Waals surface area contributed by atoms with Crippen molar-refractivity contribution in [2.45, 2.75) is 6.92 Å². The summed E-state index contributed by atoms with van der Waals surface area (Å²) in [5.41, 5.74) is 0.580. The Morgan fingerprint density at radius 3 is 2.82 bits per heavy atom. The number of nitrogens with zero attached hydrogens (tertiary/aromatic N) is 2. The largest absolute Gasteiger partial charge is 0.496 e. The van der Waals surface area contributed by atoms with Gasteiger partial charge >= 0.3 is 0 Å². The molecule has 1 heterocycles. The first kappa shape index (κ1) is 11.6. The van der Waals surface area contributed by atoms with Gasteiger partial charge in [-0.2, -0.15) is 4.98 Å². The summed E-state index contributed by atoms with van der Waals surface area (Å²) in [4.78, 5) is 15.0. The summed E-state index contributed by atoms with van der Waals surface area (Å²) in [7, 11) is 1.53. The first-order chi connectivity index (χ1) is 8.11. The molecule has 0 N–H and O–H groups in total. The highest BCUT2D eigenvalue weighted by atomic mass is 35.5. The minimum absolute atomic E-state index is 0.0398. The van der Waals surface area contributed by atoms with Crippen molar-refractivity contribution in [3.8, 4) is 17.1 Å². The fraction of sp³-hybridized carbons (Fsp3) is 0.182. The van der Waals surface area contributed by atoms with E-state index in [2.05, 4.69) is 10.1 Å². The Morgan fingerprint density at radius 1 is 1.47 bits per heavy atom. The number of methoxy groups -OCH3 is 1. The second-order valence-corrected chi connectivity index (χ2v) is 3.76. The van der Waals surface area contributed by atoms with Crippen LogP contribution in [-0.4, -0.2) is 23.0 Å². The van der Waals surface area contributed by atoms with E-state index in [9.17, 15) is 4.79 Å². The van der Waals surface area contributed by atoms with Crippen LogP contribution >= 0.6 is 11.6 Å². The Labute approximate surface area is 102 Å². The van der Waals surface area contributed by atoms with E-state index in [-0.39, 0.29) is 17.5 Å². The van der Waals surface area contributed by atoms with Gasteiger partial charge in [0.25, 0.3) is 5.89 Å². The molecule has 17 heavy (non-hydrogen) atoms. The third-order valence-electron chi connectivity index (χ3n) is 2.13. The Balaban J connectivity index is 2.51. The fourth-order valence-corrected chi connectivity index (χ4v) is 1.50. The molecule has 2 rings (SSSR count). The molecule has 0 atom stereocenters. The van der Waals surface area contributed by atoms with E-state index in [1.54, 1.807) is 18.2 Å². The quantitative estimate of drug-likeness (QED) is 0.786. The summed E-state index contributed by atoms with van der Waals surface area (Å²) in [5, 5.41) is 4.23. The molecule has 0 fully saturated rings. The van der Waals surface area contributed by atoms with Crippen molar-refractivity contribution in [3.63, 3.8) is 0 Å². The monoisotopic (exact) mass is 252 g/mol. The van der Waals surface area contributed by atoms with E-state index in [0.29, 0.717) is 16.3 Å². The van der Waals surface area contributed by atoms with Crippen LogP contribution in [-0.2, 0) is 0 Å². The lowest BCUT2D eigenvalue weighted by atomic mass is 10.2. The number of carbonyl (C=O) groups is 1. The molecule has 88 valence electrons. The smallest absolute Gasteiger partial charge is 0.294 e. The SMILES string of the molecule is COc1ccc(Cl)cc1-c1noc(C(C)=O)n1. The van der Waals surface area contributed by atoms with Crippen molar-refractivity contribution in [2.75, 3.05) is 7.11 Å². The van der Waals surface area contributed by atoms with Gasteiger partial charge in [-0.05, 0) is 18.2 Å². The predicted molar refractivity (Wildman–Crippen MR) is 61.3 cm³/mol. The summed E-state index contributed by atoms with van der Waals surface area (Å²) in [5.74, 6) is 0.506. The van der Waals surface area contributed by atoms with Gasteiger partial charge in [0.05, 0.1) is 12.7 Å². The molecule has 0 aliphatic rings. The van der Waals surface area contributed by atoms with Crippen LogP contribution in [0, 0.1) is 0 Å². The van der Waals surface area contributed by atoms with Gasteiger partial charge in [0.2, 0.25) is 11.6 Å². The molecule has 0 bridgehead atoms. The maximum Gasteiger partial charge on any atom is 0.294 e. The zero-order valence-electron chi connectivity index (χ0n) is 9.23. The lowest BCUT2D eigenvalue weighted by Gasteiger charge is -2.04. The molecule has 5 nitrogen and oxygen atoms in total. The molecule has 6 heteroatoms. The van der Waals surface area contributed by atoms with Crippen molar-refractivity contribution in [3.05, 3.63) is 29.1 Å². The number of Topliss-reactive ketones (excluding diaryl/α,β-unsaturated/α-hetero) is 1. The second-order valence-electron chi connectivity index (χ2n) is 3.32. The number of hydrogen-bond acceptors (Lipinski definition) is 5. The Kier molecular flexibility index (Phi) is 3.10. The Bertz CT molecular complexity index is 566. The van der Waals surface area contributed by atoms with Crippen molar-refractivity contribution >= 4 is 17.4 Å². The average molecular weight is 253 g/mol. The van der Waals surface area contributed by atoms with E-state index >= 15 is 0 Å². The molecule has 0 radical (unpaired) electrons. The van der Waals surface area contributed by atoms with Crippen molar-refractivity contribution in [2.24, 2.45) is 0 Å². The summed E-state index contributed by atoms with van der Waals surface area (Å²) in [6, 6.07) is 5.03. The van der Waals surface area contributed by atoms with Crippen molar-refractivity contribution in [1.29, 1.82) is 0 Å². The topological polar surface area (TPSA) is 65.2 Å². The van der Waals surface area contributed by atoms with E-state index in [1.165, 1.54) is 14.0 Å². The Hall–Kier alpha value is -1.88. The molecule has 0 saturated carbocycles. The van der Waals surface area contributed by atoms with E-state index < -0.39 is 0 Å². The molecule has 0 amide bonds. The van der Waals surface area contributed by atoms with Gasteiger partial charge in [-0.15, -0.1) is 0 Å². The van der Waals surface area contributed by atoms with Crippen LogP contribution in [0.4, 0.5) is 0 Å². The maximum absolute atomic E-state index is 11.1. The molecule has 1 aromatic heterocycles. The van der Waals surface area contributed by atoms with Gasteiger partial charge in [-0.25, -0.2) is 0 Å². The van der Waals surface area contributed by atoms with Gasteiger partial charge in [0, 0.05) is 11.9 Å². The molecule has 0 spiro atoms. The summed E-state index contributed by atoms with van der Waals surface area (Å²) >= 11 is 5.88. The zero-order chi connectivity index (χ0) is 12.4. The highest BCUT2D eigenvalue weighted by Crippen LogP contribution is 2.30. The zero-order valence-corrected chi connectivity index (χ0v) is 9.99. The molecular formula is C11H9ClN2O3. The van der Waals surface area contributed by atoms with Crippen LogP contribution in [0.5, 0.6) is 5.75 Å². The van der Waals surface area contributed by atoms with Crippen LogP contribution in [0.15, 0.2) is 22.7 Å². The minimum Gasteiger partial charge on any atom is -0.496 e. The molecule has 0 unspecified atom stereocenters. The average Bonchev–Trinajstić information content (AvgIpc) is 2.78. The number of rotatable bonds is 3. The van der Waals surface area contributed by atoms with Gasteiger partial charge in [-0.3, -0.25) is 4.79 Å². The normalized spacial score (nSPS) is 10.3. The number of halogens is 1. The van der Waals surface area contributed by atoms with Crippen molar-refractivity contribution in [1.82, 2.24) is 10.1 Å². The van der Waals surface area contributed by atoms with Gasteiger partial charge in [0.15, 0.2) is 0 Å². The molecular weight excluding hydrogens is 244 g/mol. The van der Waals surface area contributed by atoms with Crippen LogP contribution < -0.4 is 4.74 Å². The molecule has 0 aliphatic heterocycles. The number of aromatic nitrogens is 2. The molecule has 0 saturated heterocycles. The highest BCUT2D eigenvalue weighted by molar-refractivity contribution is 6.30. The maximum atomic E-state index is 11.1. The van der Waals surface area contributed by atoms with Crippen LogP contribution in [0.3, 0.4) is 0 Å². The van der Waals surface area contributed by atoms with Crippen LogP contribution in [0.2, 0.25) is 5.02 Å². The number of hydrogen-bond donors (Lipinski definition) is 0. The first-order valence-corrected chi connectivity index (χ1v) is 5.18. The van der Waals surface area contributed by atoms with E-state index in [1.807, 2.05) is 0 Å². The first-order valence-electron chi connectivity index (χ1n) is 4.80. The third-order valence-corrected chi connectivity index (χ3v) is 2.36. The Morgan fingerprint density at radius 2 is 2.24 bits per heavy atom. The predicted octanol–water partition coefficient (Wildman–Crippen LogP) is 2.60. The fourth-order valence-electron chi connectivity index (χ4n) is 1.33. The number of benzene rings is 1. The number of ketones is 1. The molecule has 1 aromatic carbocycles. The molecule has 0 aliphatic carbocycles.